The molecule has 2 amide bonds. The summed E-state index contributed by atoms with van der Waals surface area (Å²) in [4.78, 5) is 29.2. The highest BCUT2D eigenvalue weighted by molar-refractivity contribution is 7.86. The monoisotopic (exact) mass is 420 g/mol. The van der Waals surface area contributed by atoms with E-state index in [-0.39, 0.29) is 18.4 Å². The average Bonchev–Trinajstić information content (AvgIpc) is 3.00. The summed E-state index contributed by atoms with van der Waals surface area (Å²) < 4.78 is 24.6. The van der Waals surface area contributed by atoms with E-state index in [1.54, 1.807) is 9.80 Å². The van der Waals surface area contributed by atoms with Crippen molar-refractivity contribution in [3.05, 3.63) is 48.6 Å². The third kappa shape index (κ3) is 4.52. The van der Waals surface area contributed by atoms with Crippen molar-refractivity contribution in [2.24, 2.45) is 5.14 Å². The van der Waals surface area contributed by atoms with Crippen molar-refractivity contribution in [2.45, 2.75) is 24.7 Å². The summed E-state index contributed by atoms with van der Waals surface area (Å²) in [6.45, 7) is 5.78. The van der Waals surface area contributed by atoms with Crippen molar-refractivity contribution in [3.63, 3.8) is 0 Å². The smallest absolute Gasteiger partial charge is 0.276 e. The fraction of sp³-hybridized carbons (Fsp3) is 0.500. The highest BCUT2D eigenvalue weighted by Gasteiger charge is 2.45. The van der Waals surface area contributed by atoms with Gasteiger partial charge in [-0.2, -0.15) is 12.7 Å². The van der Waals surface area contributed by atoms with Crippen molar-refractivity contribution in [1.29, 1.82) is 0 Å². The fourth-order valence-electron chi connectivity index (χ4n) is 4.28. The zero-order chi connectivity index (χ0) is 21.1. The Balaban J connectivity index is 1.85. The zero-order valence-electron chi connectivity index (χ0n) is 16.5. The Morgan fingerprint density at radius 3 is 2.21 bits per heavy atom. The van der Waals surface area contributed by atoms with Gasteiger partial charge in [-0.05, 0) is 30.9 Å². The predicted molar refractivity (Wildman–Crippen MR) is 110 cm³/mol. The van der Waals surface area contributed by atoms with Crippen molar-refractivity contribution in [3.8, 4) is 0 Å². The maximum absolute atomic E-state index is 13.7. The lowest BCUT2D eigenvalue weighted by atomic mass is 9.71. The molecule has 0 aromatic heterocycles. The molecular weight excluding hydrogens is 392 g/mol. The molecule has 9 heteroatoms. The van der Waals surface area contributed by atoms with Gasteiger partial charge in [-0.3, -0.25) is 9.59 Å². The van der Waals surface area contributed by atoms with Gasteiger partial charge < -0.3 is 9.80 Å². The van der Waals surface area contributed by atoms with E-state index in [2.05, 4.69) is 6.58 Å². The third-order valence-corrected chi connectivity index (χ3v) is 7.03. The molecule has 2 saturated heterocycles. The first-order valence-electron chi connectivity index (χ1n) is 9.82. The molecule has 0 bridgehead atoms. The molecular formula is C20H28N4O4S. The van der Waals surface area contributed by atoms with Gasteiger partial charge in [0.25, 0.3) is 10.2 Å². The van der Waals surface area contributed by atoms with Crippen LogP contribution in [0.5, 0.6) is 0 Å². The largest absolute Gasteiger partial charge is 0.341 e. The van der Waals surface area contributed by atoms with Crippen LogP contribution in [0.25, 0.3) is 0 Å². The highest BCUT2D eigenvalue weighted by Crippen LogP contribution is 2.38. The number of amides is 2. The maximum Gasteiger partial charge on any atom is 0.276 e. The summed E-state index contributed by atoms with van der Waals surface area (Å²) in [7, 11) is -3.77. The summed E-state index contributed by atoms with van der Waals surface area (Å²) in [6.07, 6.45) is 2.87. The molecule has 2 N–H and O–H groups in total. The van der Waals surface area contributed by atoms with E-state index in [4.69, 9.17) is 5.14 Å². The normalized spacial score (nSPS) is 20.7. The van der Waals surface area contributed by atoms with E-state index in [1.165, 1.54) is 10.4 Å². The first-order valence-corrected chi connectivity index (χ1v) is 11.3. The van der Waals surface area contributed by atoms with Crippen LogP contribution in [0.3, 0.4) is 0 Å². The number of hydrogen-bond donors (Lipinski definition) is 1. The second kappa shape index (κ2) is 8.64. The summed E-state index contributed by atoms with van der Waals surface area (Å²) in [5.41, 5.74) is 0.207. The predicted octanol–water partition coefficient (Wildman–Crippen LogP) is 0.471. The number of likely N-dealkylation sites (tertiary alicyclic amines) is 1. The molecule has 0 unspecified atom stereocenters. The number of nitrogens with zero attached hydrogens (tertiary/aromatic N) is 3. The lowest BCUT2D eigenvalue weighted by Gasteiger charge is -2.43. The van der Waals surface area contributed by atoms with E-state index in [9.17, 15) is 18.0 Å². The topological polar surface area (TPSA) is 104 Å². The van der Waals surface area contributed by atoms with Crippen LogP contribution in [0.1, 0.15) is 24.8 Å². The Labute approximate surface area is 172 Å². The molecule has 0 aliphatic carbocycles. The molecule has 0 spiro atoms. The molecule has 0 saturated carbocycles. The lowest BCUT2D eigenvalue weighted by Crippen LogP contribution is -2.54. The Morgan fingerprint density at radius 1 is 0.966 bits per heavy atom. The summed E-state index contributed by atoms with van der Waals surface area (Å²) in [5.74, 6) is -0.136. The van der Waals surface area contributed by atoms with Gasteiger partial charge in [-0.15, -0.1) is 0 Å². The third-order valence-electron chi connectivity index (χ3n) is 5.94. The van der Waals surface area contributed by atoms with Gasteiger partial charge in [0.05, 0.1) is 5.41 Å². The lowest BCUT2D eigenvalue weighted by molar-refractivity contribution is -0.141. The fourth-order valence-corrected chi connectivity index (χ4v) is 4.99. The second-order valence-electron chi connectivity index (χ2n) is 7.57. The molecule has 29 heavy (non-hydrogen) atoms. The number of benzene rings is 1. The van der Waals surface area contributed by atoms with Crippen molar-refractivity contribution in [2.75, 3.05) is 39.3 Å². The highest BCUT2D eigenvalue weighted by atomic mass is 32.2. The van der Waals surface area contributed by atoms with E-state index < -0.39 is 15.6 Å². The van der Waals surface area contributed by atoms with E-state index >= 15 is 0 Å². The van der Waals surface area contributed by atoms with Gasteiger partial charge in [0.15, 0.2) is 0 Å². The van der Waals surface area contributed by atoms with Crippen molar-refractivity contribution in [1.82, 2.24) is 14.1 Å². The summed E-state index contributed by atoms with van der Waals surface area (Å²) >= 11 is 0. The molecule has 2 aliphatic heterocycles. The number of nitrogens with two attached hydrogens (primary N) is 1. The average molecular weight is 421 g/mol. The first-order chi connectivity index (χ1) is 13.8. The van der Waals surface area contributed by atoms with Crippen LogP contribution in [0.4, 0.5) is 0 Å². The van der Waals surface area contributed by atoms with Gasteiger partial charge in [-0.1, -0.05) is 36.9 Å². The van der Waals surface area contributed by atoms with Crippen LogP contribution in [-0.4, -0.2) is 73.6 Å². The Hall–Kier alpha value is -2.23. The minimum atomic E-state index is -3.77. The molecule has 3 rings (SSSR count). The zero-order valence-corrected chi connectivity index (χ0v) is 17.3. The van der Waals surface area contributed by atoms with Gasteiger partial charge in [0, 0.05) is 39.3 Å². The van der Waals surface area contributed by atoms with Crippen LogP contribution < -0.4 is 5.14 Å². The molecule has 2 fully saturated rings. The number of piperidine rings is 1. The van der Waals surface area contributed by atoms with Crippen molar-refractivity contribution >= 4 is 22.0 Å². The molecule has 0 atom stereocenters. The maximum atomic E-state index is 13.7. The molecule has 0 radical (unpaired) electrons. The quantitative estimate of drug-likeness (QED) is 0.715. The first kappa shape index (κ1) is 21.5. The van der Waals surface area contributed by atoms with Gasteiger partial charge in [-0.25, -0.2) is 5.14 Å². The van der Waals surface area contributed by atoms with Crippen LogP contribution in [0.2, 0.25) is 0 Å². The van der Waals surface area contributed by atoms with Crippen LogP contribution in [0, 0.1) is 0 Å². The van der Waals surface area contributed by atoms with Crippen LogP contribution in [0.15, 0.2) is 43.0 Å². The minimum Gasteiger partial charge on any atom is -0.341 e. The van der Waals surface area contributed by atoms with Gasteiger partial charge in [0.1, 0.15) is 0 Å². The van der Waals surface area contributed by atoms with Gasteiger partial charge in [0.2, 0.25) is 11.8 Å². The Kier molecular flexibility index (Phi) is 6.40. The number of carbonyl (C=O) groups is 2. The minimum absolute atomic E-state index is 0.00864. The molecule has 8 nitrogen and oxygen atoms in total. The Morgan fingerprint density at radius 2 is 1.62 bits per heavy atom. The van der Waals surface area contributed by atoms with E-state index in [0.717, 1.165) is 5.56 Å². The second-order valence-corrected chi connectivity index (χ2v) is 9.11. The van der Waals surface area contributed by atoms with Crippen molar-refractivity contribution < 1.29 is 18.0 Å². The standard InChI is InChI=1S/C20H28N4O4S/c1-2-18(25)22-13-9-20(10-14-22,17-7-4-3-5-8-17)19(26)23-11-6-12-24(16-15-23)29(21,27)28/h2-5,7-8H,1,6,9-16H2,(H2,21,27,28). The Bertz CT molecular complexity index is 864. The number of hydrogen-bond acceptors (Lipinski definition) is 4. The van der Waals surface area contributed by atoms with E-state index in [1.807, 2.05) is 30.3 Å². The molecule has 2 heterocycles. The summed E-state index contributed by atoms with van der Waals surface area (Å²) in [5, 5.41) is 5.27. The number of carbonyl (C=O) groups excluding carboxylic acids is 2. The van der Waals surface area contributed by atoms with Crippen LogP contribution in [-0.2, 0) is 25.2 Å². The summed E-state index contributed by atoms with van der Waals surface area (Å²) in [6, 6.07) is 9.65. The SMILES string of the molecule is C=CC(=O)N1CCC(C(=O)N2CCCN(S(N)(=O)=O)CC2)(c2ccccc2)CC1. The number of rotatable bonds is 4. The van der Waals surface area contributed by atoms with E-state index in [0.29, 0.717) is 52.0 Å². The molecule has 1 aromatic carbocycles. The van der Waals surface area contributed by atoms with Crippen LogP contribution >= 0.6 is 0 Å². The van der Waals surface area contributed by atoms with Gasteiger partial charge >= 0.3 is 0 Å². The molecule has 1 aromatic rings. The molecule has 2 aliphatic rings. The molecule has 158 valence electrons.